The molecule has 0 aliphatic carbocycles. The van der Waals surface area contributed by atoms with E-state index < -0.39 is 28.6 Å². The van der Waals surface area contributed by atoms with Crippen LogP contribution < -0.4 is 10.0 Å². The van der Waals surface area contributed by atoms with Crippen molar-refractivity contribution >= 4 is 33.2 Å². The summed E-state index contributed by atoms with van der Waals surface area (Å²) in [6.45, 7) is -0.446. The quantitative estimate of drug-likeness (QED) is 0.516. The summed E-state index contributed by atoms with van der Waals surface area (Å²) in [7, 11) is -3.38. The van der Waals surface area contributed by atoms with Gasteiger partial charge in [-0.3, -0.25) is 9.52 Å². The van der Waals surface area contributed by atoms with Gasteiger partial charge in [0.25, 0.3) is 5.91 Å². The third-order valence-electron chi connectivity index (χ3n) is 3.77. The minimum atomic E-state index is -3.38. The first-order valence-electron chi connectivity index (χ1n) is 8.34. The lowest BCUT2D eigenvalue weighted by atomic mass is 10.2. The Hall–Kier alpha value is -2.95. The largest absolute Gasteiger partial charge is 0.418 e. The SMILES string of the molecule is CS(=O)(=O)Nc1ccc(-c2nnc([C@@H](CO)NC(=O)c3ccc(Cl)cc3)o2)cc1. The van der Waals surface area contributed by atoms with Crippen molar-refractivity contribution < 1.29 is 22.7 Å². The maximum absolute atomic E-state index is 12.3. The number of benzene rings is 2. The van der Waals surface area contributed by atoms with Crippen LogP contribution in [0.1, 0.15) is 22.3 Å². The van der Waals surface area contributed by atoms with E-state index in [1.54, 1.807) is 48.5 Å². The van der Waals surface area contributed by atoms with Crippen LogP contribution in [0.4, 0.5) is 5.69 Å². The van der Waals surface area contributed by atoms with Crippen LogP contribution in [-0.2, 0) is 10.0 Å². The Morgan fingerprint density at radius 3 is 2.38 bits per heavy atom. The molecule has 1 amide bonds. The summed E-state index contributed by atoms with van der Waals surface area (Å²) in [4.78, 5) is 12.3. The van der Waals surface area contributed by atoms with Gasteiger partial charge >= 0.3 is 0 Å². The number of sulfonamides is 1. The number of amides is 1. The van der Waals surface area contributed by atoms with Crippen molar-refractivity contribution in [3.63, 3.8) is 0 Å². The molecule has 2 aromatic carbocycles. The average molecular weight is 437 g/mol. The summed E-state index contributed by atoms with van der Waals surface area (Å²) in [6, 6.07) is 11.7. The highest BCUT2D eigenvalue weighted by atomic mass is 35.5. The number of aliphatic hydroxyl groups excluding tert-OH is 1. The second kappa shape index (κ2) is 8.60. The minimum absolute atomic E-state index is 0.0307. The van der Waals surface area contributed by atoms with Crippen LogP contribution in [0.3, 0.4) is 0 Å². The summed E-state index contributed by atoms with van der Waals surface area (Å²) in [5.74, 6) is -0.245. The Morgan fingerprint density at radius 2 is 1.79 bits per heavy atom. The van der Waals surface area contributed by atoms with Gasteiger partial charge in [-0.2, -0.15) is 0 Å². The van der Waals surface area contributed by atoms with E-state index in [1.807, 2.05) is 0 Å². The van der Waals surface area contributed by atoms with Gasteiger partial charge < -0.3 is 14.8 Å². The van der Waals surface area contributed by atoms with Crippen LogP contribution in [0.25, 0.3) is 11.5 Å². The molecule has 0 unspecified atom stereocenters. The van der Waals surface area contributed by atoms with Gasteiger partial charge in [0.1, 0.15) is 6.04 Å². The molecule has 9 nitrogen and oxygen atoms in total. The number of nitrogens with zero attached hydrogens (tertiary/aromatic N) is 2. The van der Waals surface area contributed by atoms with E-state index in [0.717, 1.165) is 6.26 Å². The fourth-order valence-electron chi connectivity index (χ4n) is 2.42. The lowest BCUT2D eigenvalue weighted by molar-refractivity contribution is 0.0905. The van der Waals surface area contributed by atoms with Gasteiger partial charge in [-0.15, -0.1) is 10.2 Å². The zero-order valence-corrected chi connectivity index (χ0v) is 16.7. The number of rotatable bonds is 7. The molecule has 3 rings (SSSR count). The highest BCUT2D eigenvalue weighted by molar-refractivity contribution is 7.92. The van der Waals surface area contributed by atoms with Gasteiger partial charge in [0, 0.05) is 21.8 Å². The highest BCUT2D eigenvalue weighted by Crippen LogP contribution is 2.23. The summed E-state index contributed by atoms with van der Waals surface area (Å²) in [5, 5.41) is 20.5. The molecule has 1 aromatic heterocycles. The molecule has 0 spiro atoms. The van der Waals surface area contributed by atoms with Crippen LogP contribution >= 0.6 is 11.6 Å². The van der Waals surface area contributed by atoms with Crippen molar-refractivity contribution in [1.29, 1.82) is 0 Å². The summed E-state index contributed by atoms with van der Waals surface area (Å²) >= 11 is 5.81. The van der Waals surface area contributed by atoms with Gasteiger partial charge in [0.2, 0.25) is 21.8 Å². The first-order valence-corrected chi connectivity index (χ1v) is 10.6. The normalized spacial score (nSPS) is 12.4. The molecular weight excluding hydrogens is 420 g/mol. The van der Waals surface area contributed by atoms with Gasteiger partial charge in [-0.1, -0.05) is 11.6 Å². The Bertz CT molecular complexity index is 1100. The summed E-state index contributed by atoms with van der Waals surface area (Å²) < 4.78 is 30.4. The van der Waals surface area contributed by atoms with Crippen molar-refractivity contribution in [2.75, 3.05) is 17.6 Å². The molecule has 1 heterocycles. The molecule has 0 saturated carbocycles. The number of hydrogen-bond donors (Lipinski definition) is 3. The minimum Gasteiger partial charge on any atom is -0.418 e. The van der Waals surface area contributed by atoms with Crippen molar-refractivity contribution in [3.8, 4) is 11.5 Å². The van der Waals surface area contributed by atoms with Crippen LogP contribution in [0, 0.1) is 0 Å². The fraction of sp³-hybridized carbons (Fsp3) is 0.167. The zero-order valence-electron chi connectivity index (χ0n) is 15.2. The number of aliphatic hydroxyl groups is 1. The standard InChI is InChI=1S/C18H17ClN4O5S/c1-29(26,27)23-14-8-4-12(5-9-14)17-21-22-18(28-17)15(10-24)20-16(25)11-2-6-13(19)7-3-11/h2-9,15,23-24H,10H2,1H3,(H,20,25)/t15-/m1/s1. The zero-order chi connectivity index (χ0) is 21.0. The number of aromatic nitrogens is 2. The van der Waals surface area contributed by atoms with Crippen LogP contribution in [0.2, 0.25) is 5.02 Å². The summed E-state index contributed by atoms with van der Waals surface area (Å²) in [6.07, 6.45) is 1.05. The van der Waals surface area contributed by atoms with Crippen molar-refractivity contribution in [1.82, 2.24) is 15.5 Å². The first-order chi connectivity index (χ1) is 13.7. The highest BCUT2D eigenvalue weighted by Gasteiger charge is 2.21. The number of halogens is 1. The van der Waals surface area contributed by atoms with E-state index in [1.165, 1.54) is 0 Å². The van der Waals surface area contributed by atoms with E-state index >= 15 is 0 Å². The molecule has 0 aliphatic rings. The van der Waals surface area contributed by atoms with Gasteiger partial charge in [0.05, 0.1) is 12.9 Å². The number of hydrogen-bond acceptors (Lipinski definition) is 7. The van der Waals surface area contributed by atoms with Gasteiger partial charge in [-0.05, 0) is 48.5 Å². The van der Waals surface area contributed by atoms with Crippen LogP contribution in [-0.4, -0.2) is 42.5 Å². The maximum Gasteiger partial charge on any atom is 0.251 e. The third-order valence-corrected chi connectivity index (χ3v) is 4.63. The molecule has 29 heavy (non-hydrogen) atoms. The smallest absolute Gasteiger partial charge is 0.251 e. The van der Waals surface area contributed by atoms with Gasteiger partial charge in [0.15, 0.2) is 0 Å². The van der Waals surface area contributed by atoms with Crippen LogP contribution in [0.5, 0.6) is 0 Å². The second-order valence-electron chi connectivity index (χ2n) is 6.11. The second-order valence-corrected chi connectivity index (χ2v) is 8.30. The monoisotopic (exact) mass is 436 g/mol. The Morgan fingerprint density at radius 1 is 1.14 bits per heavy atom. The predicted molar refractivity (Wildman–Crippen MR) is 107 cm³/mol. The molecule has 1 atom stereocenters. The Kier molecular flexibility index (Phi) is 6.16. The van der Waals surface area contributed by atoms with E-state index in [-0.39, 0.29) is 11.8 Å². The Labute approximate surface area is 171 Å². The molecular formula is C18H17ClN4O5S. The Balaban J connectivity index is 1.73. The number of carbonyl (C=O) groups excluding carboxylic acids is 1. The van der Waals surface area contributed by atoms with E-state index in [4.69, 9.17) is 16.0 Å². The topological polar surface area (TPSA) is 134 Å². The lowest BCUT2D eigenvalue weighted by Gasteiger charge is -2.12. The molecule has 3 aromatic rings. The van der Waals surface area contributed by atoms with Crippen molar-refractivity contribution in [3.05, 3.63) is 65.0 Å². The van der Waals surface area contributed by atoms with Gasteiger partial charge in [-0.25, -0.2) is 8.42 Å². The average Bonchev–Trinajstić information content (AvgIpc) is 3.15. The molecule has 0 fully saturated rings. The molecule has 0 radical (unpaired) electrons. The van der Waals surface area contributed by atoms with Crippen molar-refractivity contribution in [2.24, 2.45) is 0 Å². The molecule has 0 aliphatic heterocycles. The number of carbonyl (C=O) groups is 1. The fourth-order valence-corrected chi connectivity index (χ4v) is 3.11. The molecule has 0 saturated heterocycles. The first kappa shape index (κ1) is 20.8. The third kappa shape index (κ3) is 5.53. The maximum atomic E-state index is 12.3. The summed E-state index contributed by atoms with van der Waals surface area (Å²) in [5.41, 5.74) is 1.30. The predicted octanol–water partition coefficient (Wildman–Crippen LogP) is 2.22. The molecule has 0 bridgehead atoms. The van der Waals surface area contributed by atoms with Crippen LogP contribution in [0.15, 0.2) is 52.9 Å². The van der Waals surface area contributed by atoms with E-state index in [2.05, 4.69) is 20.2 Å². The van der Waals surface area contributed by atoms with Crippen molar-refractivity contribution in [2.45, 2.75) is 6.04 Å². The van der Waals surface area contributed by atoms with E-state index in [9.17, 15) is 18.3 Å². The number of anilines is 1. The van der Waals surface area contributed by atoms with E-state index in [0.29, 0.717) is 21.8 Å². The lowest BCUT2D eigenvalue weighted by Crippen LogP contribution is -2.31. The number of nitrogens with one attached hydrogen (secondary N) is 2. The molecule has 152 valence electrons. The molecule has 11 heteroatoms. The molecule has 3 N–H and O–H groups in total.